The van der Waals surface area contributed by atoms with E-state index in [1.807, 2.05) is 19.4 Å². The number of ether oxygens (including phenoxy) is 1. The largest absolute Gasteiger partial charge is 0.396 e. The topological polar surface area (TPSA) is 82.9 Å². The molecule has 1 aromatic rings. The molecule has 3 heterocycles. The number of aryl methyl sites for hydroxylation is 1. The molecule has 24 heavy (non-hydrogen) atoms. The van der Waals surface area contributed by atoms with Crippen LogP contribution in [-0.4, -0.2) is 89.8 Å². The Bertz CT molecular complexity index is 564. The van der Waals surface area contributed by atoms with E-state index in [4.69, 9.17) is 4.74 Å². The van der Waals surface area contributed by atoms with Gasteiger partial charge in [-0.15, -0.1) is 0 Å². The Kier molecular flexibility index (Phi) is 5.37. The summed E-state index contributed by atoms with van der Waals surface area (Å²) >= 11 is 0. The number of rotatable bonds is 4. The fourth-order valence-corrected chi connectivity index (χ4v) is 3.53. The summed E-state index contributed by atoms with van der Waals surface area (Å²) in [6, 6.07) is -0.0864. The summed E-state index contributed by atoms with van der Waals surface area (Å²) in [6.07, 6.45) is 3.82. The van der Waals surface area contributed by atoms with Gasteiger partial charge in [-0.05, 0) is 12.6 Å². The number of carbonyl (C=O) groups is 1. The predicted molar refractivity (Wildman–Crippen MR) is 88.7 cm³/mol. The van der Waals surface area contributed by atoms with Crippen molar-refractivity contribution in [1.29, 1.82) is 0 Å². The molecule has 2 fully saturated rings. The molecule has 8 heteroatoms. The zero-order chi connectivity index (χ0) is 17.1. The lowest BCUT2D eigenvalue weighted by molar-refractivity contribution is -0.0171. The van der Waals surface area contributed by atoms with Gasteiger partial charge in [-0.3, -0.25) is 4.68 Å². The van der Waals surface area contributed by atoms with Crippen molar-refractivity contribution in [1.82, 2.24) is 24.9 Å². The second kappa shape index (κ2) is 7.50. The summed E-state index contributed by atoms with van der Waals surface area (Å²) in [7, 11) is 3.93. The van der Waals surface area contributed by atoms with Crippen LogP contribution in [0.15, 0.2) is 12.4 Å². The van der Waals surface area contributed by atoms with Crippen LogP contribution in [0.4, 0.5) is 4.79 Å². The molecule has 0 aliphatic carbocycles. The number of aliphatic hydroxyl groups is 1. The van der Waals surface area contributed by atoms with Gasteiger partial charge in [0, 0.05) is 64.4 Å². The molecular formula is C16H27N5O3. The summed E-state index contributed by atoms with van der Waals surface area (Å²) in [4.78, 5) is 16.4. The SMILES string of the molecule is CN1CCOC(CNC(=O)N2C[C@@H](CO)[C@H](c3cnn(C)c3)C2)C1. The fourth-order valence-electron chi connectivity index (χ4n) is 3.53. The van der Waals surface area contributed by atoms with E-state index in [0.717, 1.165) is 18.7 Å². The Morgan fingerprint density at radius 3 is 2.92 bits per heavy atom. The van der Waals surface area contributed by atoms with Gasteiger partial charge >= 0.3 is 6.03 Å². The summed E-state index contributed by atoms with van der Waals surface area (Å²) < 4.78 is 7.42. The monoisotopic (exact) mass is 337 g/mol. The van der Waals surface area contributed by atoms with E-state index in [1.54, 1.807) is 9.58 Å². The van der Waals surface area contributed by atoms with Crippen LogP contribution < -0.4 is 5.32 Å². The first kappa shape index (κ1) is 17.2. The molecule has 134 valence electrons. The highest BCUT2D eigenvalue weighted by molar-refractivity contribution is 5.74. The van der Waals surface area contributed by atoms with Gasteiger partial charge in [-0.25, -0.2) is 4.79 Å². The maximum Gasteiger partial charge on any atom is 0.317 e. The van der Waals surface area contributed by atoms with E-state index in [9.17, 15) is 9.90 Å². The Morgan fingerprint density at radius 2 is 2.25 bits per heavy atom. The Labute approximate surface area is 142 Å². The van der Waals surface area contributed by atoms with E-state index in [0.29, 0.717) is 26.2 Å². The van der Waals surface area contributed by atoms with Crippen LogP contribution in [0.2, 0.25) is 0 Å². The van der Waals surface area contributed by atoms with Crippen molar-refractivity contribution in [3.8, 4) is 0 Å². The van der Waals surface area contributed by atoms with Gasteiger partial charge < -0.3 is 25.0 Å². The van der Waals surface area contributed by atoms with Crippen LogP contribution in [0.25, 0.3) is 0 Å². The van der Waals surface area contributed by atoms with Crippen LogP contribution in [0.1, 0.15) is 11.5 Å². The predicted octanol–water partition coefficient (Wildman–Crippen LogP) is -0.532. The number of amides is 2. The summed E-state index contributed by atoms with van der Waals surface area (Å²) in [6.45, 7) is 4.22. The van der Waals surface area contributed by atoms with E-state index in [-0.39, 0.29) is 30.6 Å². The standard InChI is InChI=1S/C16H27N5O3/c1-19-3-4-24-14(9-19)6-17-16(23)21-8-13(11-22)15(10-21)12-5-18-20(2)7-12/h5,7,13-15,22H,3-4,6,8-11H2,1-2H3,(H,17,23)/t13-,14?,15-/m0/s1. The van der Waals surface area contributed by atoms with Crippen molar-refractivity contribution in [2.24, 2.45) is 13.0 Å². The number of morpholine rings is 1. The normalized spacial score (nSPS) is 28.3. The quantitative estimate of drug-likeness (QED) is 0.772. The molecule has 1 aromatic heterocycles. The number of carbonyl (C=O) groups excluding carboxylic acids is 1. The second-order valence-corrected chi connectivity index (χ2v) is 6.84. The first-order valence-corrected chi connectivity index (χ1v) is 8.49. The molecule has 2 aliphatic rings. The third-order valence-corrected chi connectivity index (χ3v) is 4.94. The highest BCUT2D eigenvalue weighted by atomic mass is 16.5. The van der Waals surface area contributed by atoms with Crippen molar-refractivity contribution in [2.75, 3.05) is 53.0 Å². The third-order valence-electron chi connectivity index (χ3n) is 4.94. The molecule has 0 saturated carbocycles. The lowest BCUT2D eigenvalue weighted by Gasteiger charge is -2.30. The van der Waals surface area contributed by atoms with Crippen molar-refractivity contribution in [3.05, 3.63) is 18.0 Å². The van der Waals surface area contributed by atoms with Crippen molar-refractivity contribution < 1.29 is 14.6 Å². The second-order valence-electron chi connectivity index (χ2n) is 6.84. The summed E-state index contributed by atoms with van der Waals surface area (Å²) in [5, 5.41) is 16.8. The Balaban J connectivity index is 1.54. The number of urea groups is 1. The van der Waals surface area contributed by atoms with Gasteiger partial charge in [0.25, 0.3) is 0 Å². The maximum atomic E-state index is 12.5. The van der Waals surface area contributed by atoms with Crippen LogP contribution in [0, 0.1) is 5.92 Å². The molecule has 1 unspecified atom stereocenters. The number of hydrogen-bond acceptors (Lipinski definition) is 5. The smallest absolute Gasteiger partial charge is 0.317 e. The number of likely N-dealkylation sites (N-methyl/N-ethyl adjacent to an activating group) is 1. The molecule has 3 rings (SSSR count). The van der Waals surface area contributed by atoms with Crippen LogP contribution in [0.3, 0.4) is 0 Å². The number of aliphatic hydroxyl groups excluding tert-OH is 1. The average Bonchev–Trinajstić information content (AvgIpc) is 3.18. The molecule has 8 nitrogen and oxygen atoms in total. The van der Waals surface area contributed by atoms with E-state index < -0.39 is 0 Å². The molecule has 0 bridgehead atoms. The lowest BCUT2D eigenvalue weighted by atomic mass is 9.92. The van der Waals surface area contributed by atoms with Gasteiger partial charge in [0.05, 0.1) is 18.9 Å². The maximum absolute atomic E-state index is 12.5. The first-order valence-electron chi connectivity index (χ1n) is 8.49. The number of likely N-dealkylation sites (tertiary alicyclic amines) is 1. The third kappa shape index (κ3) is 3.88. The van der Waals surface area contributed by atoms with Gasteiger partial charge in [0.2, 0.25) is 0 Å². The van der Waals surface area contributed by atoms with Crippen molar-refractivity contribution >= 4 is 6.03 Å². The zero-order valence-corrected chi connectivity index (χ0v) is 14.4. The van der Waals surface area contributed by atoms with Crippen LogP contribution in [0.5, 0.6) is 0 Å². The number of aromatic nitrogens is 2. The van der Waals surface area contributed by atoms with Gasteiger partial charge in [0.15, 0.2) is 0 Å². The van der Waals surface area contributed by atoms with Gasteiger partial charge in [-0.2, -0.15) is 5.10 Å². The highest BCUT2D eigenvalue weighted by Crippen LogP contribution is 2.32. The molecule has 0 spiro atoms. The minimum atomic E-state index is -0.0864. The van der Waals surface area contributed by atoms with Crippen LogP contribution in [-0.2, 0) is 11.8 Å². The minimum absolute atomic E-state index is 0.0399. The van der Waals surface area contributed by atoms with Gasteiger partial charge in [0.1, 0.15) is 0 Å². The zero-order valence-electron chi connectivity index (χ0n) is 14.4. The van der Waals surface area contributed by atoms with Crippen LogP contribution >= 0.6 is 0 Å². The number of nitrogens with zero attached hydrogens (tertiary/aromatic N) is 4. The highest BCUT2D eigenvalue weighted by Gasteiger charge is 2.36. The molecule has 0 radical (unpaired) electrons. The molecule has 2 aliphatic heterocycles. The molecular weight excluding hydrogens is 310 g/mol. The van der Waals surface area contributed by atoms with Crippen molar-refractivity contribution in [3.63, 3.8) is 0 Å². The summed E-state index contributed by atoms with van der Waals surface area (Å²) in [5.41, 5.74) is 1.07. The van der Waals surface area contributed by atoms with E-state index in [2.05, 4.69) is 22.4 Å². The first-order chi connectivity index (χ1) is 11.6. The molecule has 2 N–H and O–H groups in total. The molecule has 3 atom stereocenters. The Morgan fingerprint density at radius 1 is 1.42 bits per heavy atom. The minimum Gasteiger partial charge on any atom is -0.396 e. The molecule has 2 saturated heterocycles. The van der Waals surface area contributed by atoms with Crippen molar-refractivity contribution in [2.45, 2.75) is 12.0 Å². The lowest BCUT2D eigenvalue weighted by Crippen LogP contribution is -2.48. The fraction of sp³-hybridized carbons (Fsp3) is 0.750. The molecule has 2 amide bonds. The molecule has 0 aromatic carbocycles. The average molecular weight is 337 g/mol. The van der Waals surface area contributed by atoms with Gasteiger partial charge in [-0.1, -0.05) is 0 Å². The Hall–Kier alpha value is -1.64. The summed E-state index contributed by atoms with van der Waals surface area (Å²) in [5.74, 6) is 0.184. The number of nitrogens with one attached hydrogen (secondary N) is 1. The number of hydrogen-bond donors (Lipinski definition) is 2. The van der Waals surface area contributed by atoms with E-state index >= 15 is 0 Å². The van der Waals surface area contributed by atoms with E-state index in [1.165, 1.54) is 0 Å².